The first-order chi connectivity index (χ1) is 12.2. The Hall–Kier alpha value is -3.61. The van der Waals surface area contributed by atoms with Gasteiger partial charge in [-0.3, -0.25) is 4.79 Å². The van der Waals surface area contributed by atoms with E-state index in [1.54, 1.807) is 48.5 Å². The third-order valence-corrected chi connectivity index (χ3v) is 3.85. The Morgan fingerprint density at radius 2 is 1.72 bits per heavy atom. The number of hydrogen-bond donors (Lipinski definition) is 1. The minimum absolute atomic E-state index is 0.300. The summed E-state index contributed by atoms with van der Waals surface area (Å²) in [6.45, 7) is 0. The molecule has 1 heterocycles. The minimum atomic E-state index is -0.349. The summed E-state index contributed by atoms with van der Waals surface area (Å²) in [5, 5.41) is 14.8. The van der Waals surface area contributed by atoms with Crippen LogP contribution in [0.2, 0.25) is 0 Å². The molecule has 25 heavy (non-hydrogen) atoms. The summed E-state index contributed by atoms with van der Waals surface area (Å²) in [7, 11) is 0. The number of nitrogens with one attached hydrogen (secondary N) is 1. The van der Waals surface area contributed by atoms with Gasteiger partial charge in [-0.05, 0) is 52.2 Å². The van der Waals surface area contributed by atoms with Gasteiger partial charge in [0.1, 0.15) is 12.1 Å². The molecule has 0 unspecified atom stereocenters. The quantitative estimate of drug-likeness (QED) is 0.625. The van der Waals surface area contributed by atoms with E-state index in [-0.39, 0.29) is 11.7 Å². The second-order valence-corrected chi connectivity index (χ2v) is 5.40. The van der Waals surface area contributed by atoms with Crippen molar-refractivity contribution in [3.05, 3.63) is 78.4 Å². The molecule has 3 aromatic carbocycles. The number of carbonyl (C=O) groups excluding carboxylic acids is 1. The first-order valence-electron chi connectivity index (χ1n) is 7.54. The first-order valence-corrected chi connectivity index (χ1v) is 7.54. The maximum Gasteiger partial charge on any atom is 0.256 e. The van der Waals surface area contributed by atoms with E-state index in [2.05, 4.69) is 20.8 Å². The second kappa shape index (κ2) is 6.12. The highest BCUT2D eigenvalue weighted by atomic mass is 19.1. The molecular formula is C18H12FN5O. The molecule has 0 spiro atoms. The van der Waals surface area contributed by atoms with Crippen LogP contribution in [0.5, 0.6) is 0 Å². The number of fused-ring (bicyclic) bond motifs is 1. The largest absolute Gasteiger partial charge is 0.322 e. The summed E-state index contributed by atoms with van der Waals surface area (Å²) in [5.74, 6) is -0.649. The van der Waals surface area contributed by atoms with Gasteiger partial charge in [0.25, 0.3) is 5.91 Å². The van der Waals surface area contributed by atoms with E-state index < -0.39 is 0 Å². The van der Waals surface area contributed by atoms with Crippen molar-refractivity contribution in [3.8, 4) is 5.69 Å². The fraction of sp³-hybridized carbons (Fsp3) is 0. The number of hydrogen-bond acceptors (Lipinski definition) is 4. The Labute approximate surface area is 141 Å². The van der Waals surface area contributed by atoms with Gasteiger partial charge in [0.05, 0.1) is 5.69 Å². The number of carbonyl (C=O) groups is 1. The molecule has 6 nitrogen and oxygen atoms in total. The van der Waals surface area contributed by atoms with Gasteiger partial charge in [-0.25, -0.2) is 9.07 Å². The Morgan fingerprint density at radius 1 is 0.960 bits per heavy atom. The Bertz CT molecular complexity index is 1040. The molecule has 122 valence electrons. The number of halogens is 1. The normalized spacial score (nSPS) is 10.8. The van der Waals surface area contributed by atoms with Crippen LogP contribution in [0.3, 0.4) is 0 Å². The maximum atomic E-state index is 13.9. The third-order valence-electron chi connectivity index (χ3n) is 3.85. The molecule has 0 fully saturated rings. The number of tetrazole rings is 1. The van der Waals surface area contributed by atoms with Crippen LogP contribution in [0.1, 0.15) is 10.4 Å². The summed E-state index contributed by atoms with van der Waals surface area (Å²) < 4.78 is 15.4. The topological polar surface area (TPSA) is 72.7 Å². The monoisotopic (exact) mass is 333 g/mol. The van der Waals surface area contributed by atoms with Crippen molar-refractivity contribution in [1.29, 1.82) is 0 Å². The second-order valence-electron chi connectivity index (χ2n) is 5.40. The average molecular weight is 333 g/mol. The lowest BCUT2D eigenvalue weighted by atomic mass is 10.0. The molecule has 0 saturated heterocycles. The van der Waals surface area contributed by atoms with Crippen molar-refractivity contribution in [2.75, 3.05) is 5.32 Å². The van der Waals surface area contributed by atoms with E-state index in [9.17, 15) is 9.18 Å². The van der Waals surface area contributed by atoms with Crippen LogP contribution < -0.4 is 5.32 Å². The van der Waals surface area contributed by atoms with Crippen LogP contribution in [-0.4, -0.2) is 26.1 Å². The van der Waals surface area contributed by atoms with Gasteiger partial charge < -0.3 is 5.32 Å². The fourth-order valence-corrected chi connectivity index (χ4v) is 2.64. The average Bonchev–Trinajstić information content (AvgIpc) is 3.17. The number of nitrogens with zero attached hydrogens (tertiary/aromatic N) is 4. The Balaban J connectivity index is 1.61. The van der Waals surface area contributed by atoms with E-state index in [4.69, 9.17) is 0 Å². The van der Waals surface area contributed by atoms with Gasteiger partial charge in [-0.2, -0.15) is 0 Å². The zero-order valence-corrected chi connectivity index (χ0v) is 12.9. The molecule has 0 saturated carbocycles. The molecule has 0 bridgehead atoms. The van der Waals surface area contributed by atoms with Crippen molar-refractivity contribution in [2.24, 2.45) is 0 Å². The maximum absolute atomic E-state index is 13.9. The molecule has 0 radical (unpaired) electrons. The molecular weight excluding hydrogens is 321 g/mol. The van der Waals surface area contributed by atoms with Crippen molar-refractivity contribution < 1.29 is 9.18 Å². The Kier molecular flexibility index (Phi) is 3.66. The first kappa shape index (κ1) is 14.9. The van der Waals surface area contributed by atoms with Gasteiger partial charge in [0, 0.05) is 16.6 Å². The molecule has 1 aromatic heterocycles. The van der Waals surface area contributed by atoms with E-state index in [1.165, 1.54) is 23.1 Å². The molecule has 0 atom stereocenters. The van der Waals surface area contributed by atoms with Gasteiger partial charge >= 0.3 is 0 Å². The van der Waals surface area contributed by atoms with Gasteiger partial charge in [0.15, 0.2) is 0 Å². The van der Waals surface area contributed by atoms with Crippen LogP contribution in [0, 0.1) is 5.82 Å². The zero-order valence-electron chi connectivity index (χ0n) is 12.9. The molecule has 1 N–H and O–H groups in total. The predicted octanol–water partition coefficient (Wildman–Crippen LogP) is 3.21. The van der Waals surface area contributed by atoms with Gasteiger partial charge in [-0.1, -0.05) is 24.3 Å². The fourth-order valence-electron chi connectivity index (χ4n) is 2.64. The van der Waals surface area contributed by atoms with Crippen LogP contribution in [-0.2, 0) is 0 Å². The summed E-state index contributed by atoms with van der Waals surface area (Å²) in [6, 6.07) is 16.8. The van der Waals surface area contributed by atoms with Crippen molar-refractivity contribution >= 4 is 22.4 Å². The molecule has 0 aliphatic carbocycles. The van der Waals surface area contributed by atoms with Crippen LogP contribution in [0.25, 0.3) is 16.5 Å². The lowest BCUT2D eigenvalue weighted by Crippen LogP contribution is -2.12. The van der Waals surface area contributed by atoms with Crippen molar-refractivity contribution in [2.45, 2.75) is 0 Å². The number of aromatic nitrogens is 4. The highest BCUT2D eigenvalue weighted by Gasteiger charge is 2.12. The number of amides is 1. The molecule has 0 aliphatic heterocycles. The lowest BCUT2D eigenvalue weighted by molar-refractivity contribution is 0.102. The van der Waals surface area contributed by atoms with Crippen LogP contribution in [0.15, 0.2) is 67.0 Å². The summed E-state index contributed by atoms with van der Waals surface area (Å²) in [5.41, 5.74) is 1.81. The minimum Gasteiger partial charge on any atom is -0.322 e. The third kappa shape index (κ3) is 2.83. The van der Waals surface area contributed by atoms with Gasteiger partial charge in [0.2, 0.25) is 0 Å². The smallest absolute Gasteiger partial charge is 0.256 e. The Morgan fingerprint density at radius 3 is 2.44 bits per heavy atom. The molecule has 7 heteroatoms. The van der Waals surface area contributed by atoms with E-state index >= 15 is 0 Å². The highest BCUT2D eigenvalue weighted by Crippen LogP contribution is 2.23. The molecule has 4 rings (SSSR count). The van der Waals surface area contributed by atoms with E-state index in [1.807, 2.05) is 0 Å². The molecule has 1 amide bonds. The molecule has 0 aliphatic rings. The van der Waals surface area contributed by atoms with E-state index in [0.29, 0.717) is 22.0 Å². The van der Waals surface area contributed by atoms with Crippen LogP contribution >= 0.6 is 0 Å². The number of benzene rings is 3. The number of anilines is 1. The summed E-state index contributed by atoms with van der Waals surface area (Å²) >= 11 is 0. The zero-order chi connectivity index (χ0) is 17.2. The number of rotatable bonds is 3. The predicted molar refractivity (Wildman–Crippen MR) is 91.0 cm³/mol. The lowest BCUT2D eigenvalue weighted by Gasteiger charge is -2.09. The van der Waals surface area contributed by atoms with Crippen molar-refractivity contribution in [3.63, 3.8) is 0 Å². The van der Waals surface area contributed by atoms with Crippen LogP contribution in [0.4, 0.5) is 10.1 Å². The molecule has 4 aromatic rings. The standard InChI is InChI=1S/C18H12FN5O/c19-17-10-9-16(14-3-1-2-4-15(14)17)18(25)21-12-5-7-13(8-6-12)24-11-20-22-23-24/h1-11H,(H,21,25). The van der Waals surface area contributed by atoms with E-state index in [0.717, 1.165) is 5.69 Å². The SMILES string of the molecule is O=C(Nc1ccc(-n2cnnn2)cc1)c1ccc(F)c2ccccc12. The summed E-state index contributed by atoms with van der Waals surface area (Å²) in [6.07, 6.45) is 1.48. The van der Waals surface area contributed by atoms with Crippen molar-refractivity contribution in [1.82, 2.24) is 20.2 Å². The van der Waals surface area contributed by atoms with Gasteiger partial charge in [-0.15, -0.1) is 5.10 Å². The highest BCUT2D eigenvalue weighted by molar-refractivity contribution is 6.13. The summed E-state index contributed by atoms with van der Waals surface area (Å²) in [4.78, 5) is 12.6.